The number of thioether (sulfide) groups is 1. The number of nitrogens with zero attached hydrogens (tertiary/aromatic N) is 3. The maximum absolute atomic E-state index is 14.4. The molecule has 0 bridgehead atoms. The highest BCUT2D eigenvalue weighted by Gasteiger charge is 2.19. The summed E-state index contributed by atoms with van der Waals surface area (Å²) in [6, 6.07) is 19.0. The van der Waals surface area contributed by atoms with Crippen molar-refractivity contribution >= 4 is 34.9 Å². The average molecular weight is 454 g/mol. The van der Waals surface area contributed by atoms with Crippen molar-refractivity contribution in [2.75, 3.05) is 5.75 Å². The zero-order chi connectivity index (χ0) is 21.6. The van der Waals surface area contributed by atoms with Gasteiger partial charge >= 0.3 is 0 Å². The van der Waals surface area contributed by atoms with Crippen LogP contribution in [0.1, 0.15) is 9.67 Å². The summed E-state index contributed by atoms with van der Waals surface area (Å²) in [6.07, 6.45) is 0. The fourth-order valence-electron chi connectivity index (χ4n) is 2.75. The van der Waals surface area contributed by atoms with E-state index in [2.05, 4.69) is 21.0 Å². The van der Waals surface area contributed by atoms with Crippen LogP contribution in [0.5, 0.6) is 0 Å². The lowest BCUT2D eigenvalue weighted by molar-refractivity contribution is -0.119. The van der Waals surface area contributed by atoms with Crippen molar-refractivity contribution in [1.82, 2.24) is 25.6 Å². The molecule has 0 aliphatic heterocycles. The van der Waals surface area contributed by atoms with Gasteiger partial charge in [-0.15, -0.1) is 21.5 Å². The molecule has 0 radical (unpaired) electrons. The molecule has 7 nitrogen and oxygen atoms in total. The molecule has 2 heterocycles. The molecule has 2 amide bonds. The molecule has 2 aromatic heterocycles. The summed E-state index contributed by atoms with van der Waals surface area (Å²) in [7, 11) is 0. The van der Waals surface area contributed by atoms with Crippen molar-refractivity contribution in [1.29, 1.82) is 0 Å². The first-order chi connectivity index (χ1) is 15.1. The van der Waals surface area contributed by atoms with Crippen molar-refractivity contribution in [2.45, 2.75) is 5.16 Å². The molecule has 2 aromatic carbocycles. The highest BCUT2D eigenvalue weighted by molar-refractivity contribution is 7.99. The van der Waals surface area contributed by atoms with Gasteiger partial charge in [-0.3, -0.25) is 25.0 Å². The van der Waals surface area contributed by atoms with Crippen molar-refractivity contribution < 1.29 is 14.0 Å². The Morgan fingerprint density at radius 2 is 1.74 bits per heavy atom. The summed E-state index contributed by atoms with van der Waals surface area (Å²) >= 11 is 2.40. The molecule has 10 heteroatoms. The molecule has 31 heavy (non-hydrogen) atoms. The molecule has 2 N–H and O–H groups in total. The predicted octanol–water partition coefficient (Wildman–Crippen LogP) is 3.69. The van der Waals surface area contributed by atoms with Gasteiger partial charge in [0.15, 0.2) is 11.0 Å². The molecule has 4 aromatic rings. The molecule has 0 saturated carbocycles. The number of rotatable bonds is 6. The fraction of sp³-hybridized carbons (Fsp3) is 0.0476. The lowest BCUT2D eigenvalue weighted by atomic mass is 10.2. The average Bonchev–Trinajstić information content (AvgIpc) is 3.47. The third-order valence-corrected chi connectivity index (χ3v) is 5.95. The third-order valence-electron chi connectivity index (χ3n) is 4.16. The Hall–Kier alpha value is -3.50. The molecule has 0 spiro atoms. The van der Waals surface area contributed by atoms with Gasteiger partial charge in [-0.05, 0) is 35.7 Å². The van der Waals surface area contributed by atoms with Crippen LogP contribution >= 0.6 is 23.1 Å². The Bertz CT molecular complexity index is 1200. The molecular formula is C21H16FN5O2S2. The number of nitrogens with one attached hydrogen (secondary N) is 2. The number of amides is 2. The number of halogens is 1. The summed E-state index contributed by atoms with van der Waals surface area (Å²) < 4.78 is 16.1. The number of thiophene rings is 1. The monoisotopic (exact) mass is 453 g/mol. The van der Waals surface area contributed by atoms with E-state index in [0.717, 1.165) is 17.4 Å². The lowest BCUT2D eigenvalue weighted by Gasteiger charge is -2.11. The van der Waals surface area contributed by atoms with Crippen LogP contribution in [0.4, 0.5) is 4.39 Å². The summed E-state index contributed by atoms with van der Waals surface area (Å²) in [5.41, 5.74) is 5.79. The van der Waals surface area contributed by atoms with Gasteiger partial charge in [-0.25, -0.2) is 4.39 Å². The Morgan fingerprint density at radius 3 is 2.48 bits per heavy atom. The van der Waals surface area contributed by atoms with E-state index < -0.39 is 11.7 Å². The largest absolute Gasteiger partial charge is 0.279 e. The first kappa shape index (κ1) is 20.8. The molecule has 156 valence electrons. The zero-order valence-corrected chi connectivity index (χ0v) is 17.6. The second-order valence-corrected chi connectivity index (χ2v) is 8.12. The molecule has 0 aliphatic carbocycles. The van der Waals surface area contributed by atoms with Crippen LogP contribution < -0.4 is 10.9 Å². The molecule has 0 unspecified atom stereocenters. The van der Waals surface area contributed by atoms with E-state index in [4.69, 9.17) is 0 Å². The lowest BCUT2D eigenvalue weighted by Crippen LogP contribution is -2.42. The number of hydrogen-bond donors (Lipinski definition) is 2. The minimum Gasteiger partial charge on any atom is -0.272 e. The van der Waals surface area contributed by atoms with Crippen LogP contribution in [0.3, 0.4) is 0 Å². The Labute approximate surface area is 185 Å². The summed E-state index contributed by atoms with van der Waals surface area (Å²) in [5.74, 6) is -0.907. The molecule has 0 saturated heterocycles. The standard InChI is InChI=1S/C21H16FN5O2S2/c22-16-10-5-4-9-15(16)19-24-26-21(27(19)14-7-2-1-3-8-14)31-13-18(28)23-25-20(29)17-11-6-12-30-17/h1-12H,13H2,(H,23,28)(H,25,29). The van der Waals surface area contributed by atoms with Gasteiger partial charge in [0, 0.05) is 5.69 Å². The normalized spacial score (nSPS) is 10.6. The molecule has 0 fully saturated rings. The van der Waals surface area contributed by atoms with E-state index in [1.807, 2.05) is 30.3 Å². The van der Waals surface area contributed by atoms with Crippen LogP contribution in [0, 0.1) is 5.82 Å². The first-order valence-corrected chi connectivity index (χ1v) is 11.0. The van der Waals surface area contributed by atoms with Gasteiger partial charge in [-0.1, -0.05) is 48.2 Å². The quantitative estimate of drug-likeness (QED) is 0.343. The number of para-hydroxylation sites is 1. The van der Waals surface area contributed by atoms with Crippen molar-refractivity contribution in [2.24, 2.45) is 0 Å². The van der Waals surface area contributed by atoms with E-state index in [1.54, 1.807) is 40.3 Å². The third kappa shape index (κ3) is 4.81. The van der Waals surface area contributed by atoms with Crippen LogP contribution in [-0.4, -0.2) is 32.3 Å². The highest BCUT2D eigenvalue weighted by atomic mass is 32.2. The second kappa shape index (κ2) is 9.54. The molecular weight excluding hydrogens is 437 g/mol. The van der Waals surface area contributed by atoms with E-state index in [1.165, 1.54) is 17.4 Å². The maximum Gasteiger partial charge on any atom is 0.279 e. The number of hydrogen-bond acceptors (Lipinski definition) is 6. The Balaban J connectivity index is 1.51. The summed E-state index contributed by atoms with van der Waals surface area (Å²) in [6.45, 7) is 0. The van der Waals surface area contributed by atoms with E-state index >= 15 is 0 Å². The number of hydrazine groups is 1. The summed E-state index contributed by atoms with van der Waals surface area (Å²) in [5, 5.41) is 10.5. The van der Waals surface area contributed by atoms with Gasteiger partial charge in [0.2, 0.25) is 5.91 Å². The van der Waals surface area contributed by atoms with Crippen molar-refractivity contribution in [3.63, 3.8) is 0 Å². The van der Waals surface area contributed by atoms with Crippen LogP contribution in [-0.2, 0) is 4.79 Å². The van der Waals surface area contributed by atoms with Gasteiger partial charge < -0.3 is 0 Å². The molecule has 0 atom stereocenters. The zero-order valence-electron chi connectivity index (χ0n) is 16.0. The second-order valence-electron chi connectivity index (χ2n) is 6.23. The minimum absolute atomic E-state index is 0.0209. The summed E-state index contributed by atoms with van der Waals surface area (Å²) in [4.78, 5) is 24.6. The smallest absolute Gasteiger partial charge is 0.272 e. The van der Waals surface area contributed by atoms with Crippen LogP contribution in [0.25, 0.3) is 17.1 Å². The van der Waals surface area contributed by atoms with Crippen molar-refractivity contribution in [3.05, 3.63) is 82.8 Å². The highest BCUT2D eigenvalue weighted by Crippen LogP contribution is 2.29. The molecule has 0 aliphatic rings. The van der Waals surface area contributed by atoms with Gasteiger partial charge in [0.1, 0.15) is 5.82 Å². The van der Waals surface area contributed by atoms with Gasteiger partial charge in [-0.2, -0.15) is 0 Å². The van der Waals surface area contributed by atoms with Crippen LogP contribution in [0.2, 0.25) is 0 Å². The SMILES string of the molecule is O=C(CSc1nnc(-c2ccccc2F)n1-c1ccccc1)NNC(=O)c1cccs1. The number of carbonyl (C=O) groups is 2. The number of carbonyl (C=O) groups excluding carboxylic acids is 2. The van der Waals surface area contributed by atoms with E-state index in [0.29, 0.717) is 21.4 Å². The van der Waals surface area contributed by atoms with Crippen molar-refractivity contribution in [3.8, 4) is 17.1 Å². The Kier molecular flexibility index (Phi) is 6.39. The van der Waals surface area contributed by atoms with Gasteiger partial charge in [0.05, 0.1) is 16.2 Å². The fourth-order valence-corrected chi connectivity index (χ4v) is 4.12. The Morgan fingerprint density at radius 1 is 0.968 bits per heavy atom. The predicted molar refractivity (Wildman–Crippen MR) is 117 cm³/mol. The topological polar surface area (TPSA) is 88.9 Å². The van der Waals surface area contributed by atoms with E-state index in [-0.39, 0.29) is 11.7 Å². The first-order valence-electron chi connectivity index (χ1n) is 9.14. The number of benzene rings is 2. The van der Waals surface area contributed by atoms with Crippen LogP contribution in [0.15, 0.2) is 77.3 Å². The minimum atomic E-state index is -0.419. The number of aromatic nitrogens is 3. The van der Waals surface area contributed by atoms with E-state index in [9.17, 15) is 14.0 Å². The van der Waals surface area contributed by atoms with Gasteiger partial charge in [0.25, 0.3) is 5.91 Å². The molecule has 4 rings (SSSR count). The maximum atomic E-state index is 14.4.